The number of benzene rings is 1. The van der Waals surface area contributed by atoms with Gasteiger partial charge in [0.25, 0.3) is 0 Å². The number of aldehydes is 1. The van der Waals surface area contributed by atoms with Gasteiger partial charge in [-0.15, -0.1) is 0 Å². The van der Waals surface area contributed by atoms with Crippen LogP contribution in [0.15, 0.2) is 30.3 Å². The van der Waals surface area contributed by atoms with E-state index in [-0.39, 0.29) is 6.16 Å². The van der Waals surface area contributed by atoms with E-state index in [2.05, 4.69) is 0 Å². The second-order valence-electron chi connectivity index (χ2n) is 3.90. The minimum atomic E-state index is -3.63. The zero-order chi connectivity index (χ0) is 12.7. The Hall–Kier alpha value is -0.960. The van der Waals surface area contributed by atoms with Crippen molar-refractivity contribution in [2.24, 2.45) is 0 Å². The first-order valence-electron chi connectivity index (χ1n) is 5.53. The van der Waals surface area contributed by atoms with Crippen LogP contribution in [-0.4, -0.2) is 23.4 Å². The fourth-order valence-corrected chi connectivity index (χ4v) is 2.70. The molecule has 0 aliphatic heterocycles. The summed E-state index contributed by atoms with van der Waals surface area (Å²) in [4.78, 5) is 19.8. The molecule has 17 heavy (non-hydrogen) atoms. The van der Waals surface area contributed by atoms with E-state index >= 15 is 0 Å². The number of carbonyl (C=O) groups is 1. The molecule has 0 fully saturated rings. The predicted molar refractivity (Wildman–Crippen MR) is 66.1 cm³/mol. The van der Waals surface area contributed by atoms with Crippen molar-refractivity contribution in [3.63, 3.8) is 0 Å². The summed E-state index contributed by atoms with van der Waals surface area (Å²) in [5.41, 5.74) is 1.12. The Labute approximate surface area is 101 Å². The average Bonchev–Trinajstić information content (AvgIpc) is 2.29. The maximum Gasteiger partial charge on any atom is 0.328 e. The first-order valence-corrected chi connectivity index (χ1v) is 7.29. The van der Waals surface area contributed by atoms with Gasteiger partial charge in [0, 0.05) is 0 Å². The maximum atomic E-state index is 11.5. The zero-order valence-electron chi connectivity index (χ0n) is 9.78. The quantitative estimate of drug-likeness (QED) is 0.601. The van der Waals surface area contributed by atoms with Crippen LogP contribution in [-0.2, 0) is 20.3 Å². The molecule has 1 rings (SSSR count). The maximum absolute atomic E-state index is 11.5. The highest BCUT2D eigenvalue weighted by atomic mass is 31.2. The summed E-state index contributed by atoms with van der Waals surface area (Å²) in [6.07, 6.45) is 1.04. The van der Waals surface area contributed by atoms with Crippen LogP contribution in [0.1, 0.15) is 18.9 Å². The summed E-state index contributed by atoms with van der Waals surface area (Å²) in [6, 6.07) is 9.72. The summed E-state index contributed by atoms with van der Waals surface area (Å²) in [6.45, 7) is 1.45. The first kappa shape index (κ1) is 14.1. The van der Waals surface area contributed by atoms with E-state index in [4.69, 9.17) is 4.52 Å². The zero-order valence-corrected chi connectivity index (χ0v) is 10.7. The summed E-state index contributed by atoms with van der Waals surface area (Å²) < 4.78 is 16.3. The molecule has 0 saturated heterocycles. The van der Waals surface area contributed by atoms with Gasteiger partial charge in [0.1, 0.15) is 12.4 Å². The topological polar surface area (TPSA) is 63.6 Å². The van der Waals surface area contributed by atoms with Crippen LogP contribution >= 0.6 is 7.60 Å². The highest BCUT2D eigenvalue weighted by molar-refractivity contribution is 7.52. The predicted octanol–water partition coefficient (Wildman–Crippen LogP) is 2.41. The molecule has 1 aromatic rings. The molecular formula is C12H17O4P. The van der Waals surface area contributed by atoms with E-state index in [1.807, 2.05) is 30.3 Å². The molecule has 0 aromatic heterocycles. The van der Waals surface area contributed by atoms with Crippen LogP contribution in [0.5, 0.6) is 0 Å². The van der Waals surface area contributed by atoms with Crippen molar-refractivity contribution in [3.8, 4) is 0 Å². The molecule has 0 aliphatic rings. The van der Waals surface area contributed by atoms with Crippen molar-refractivity contribution < 1.29 is 18.8 Å². The molecule has 5 heteroatoms. The van der Waals surface area contributed by atoms with Crippen LogP contribution in [0.3, 0.4) is 0 Å². The van der Waals surface area contributed by atoms with Crippen molar-refractivity contribution in [2.45, 2.75) is 25.9 Å². The number of hydrogen-bond donors (Lipinski definition) is 1. The van der Waals surface area contributed by atoms with E-state index < -0.39 is 13.7 Å². The molecule has 0 saturated carbocycles. The lowest BCUT2D eigenvalue weighted by Crippen LogP contribution is -2.09. The fourth-order valence-electron chi connectivity index (χ4n) is 1.47. The molecule has 1 aromatic carbocycles. The van der Waals surface area contributed by atoms with Crippen LogP contribution in [0.25, 0.3) is 0 Å². The normalized spacial score (nSPS) is 16.1. The minimum absolute atomic E-state index is 0.0695. The van der Waals surface area contributed by atoms with Crippen LogP contribution in [0.2, 0.25) is 0 Å². The summed E-state index contributed by atoms with van der Waals surface area (Å²) in [7, 11) is -3.63. The fraction of sp³-hybridized carbons (Fsp3) is 0.417. The van der Waals surface area contributed by atoms with Gasteiger partial charge in [0.15, 0.2) is 0 Å². The lowest BCUT2D eigenvalue weighted by molar-refractivity contribution is -0.113. The first-order chi connectivity index (χ1) is 8.03. The van der Waals surface area contributed by atoms with Gasteiger partial charge in [0.05, 0.1) is 6.16 Å². The van der Waals surface area contributed by atoms with E-state index in [1.54, 1.807) is 0 Å². The summed E-state index contributed by atoms with van der Waals surface area (Å²) >= 11 is 0. The van der Waals surface area contributed by atoms with E-state index in [1.165, 1.54) is 6.92 Å². The summed E-state index contributed by atoms with van der Waals surface area (Å²) in [5.74, 6) is 0. The van der Waals surface area contributed by atoms with Gasteiger partial charge in [-0.2, -0.15) is 0 Å². The number of carbonyl (C=O) groups excluding carboxylic acids is 1. The van der Waals surface area contributed by atoms with Crippen molar-refractivity contribution in [1.82, 2.24) is 0 Å². The Morgan fingerprint density at radius 2 is 2.06 bits per heavy atom. The number of aryl methyl sites for hydroxylation is 1. The third kappa shape index (κ3) is 5.78. The monoisotopic (exact) mass is 256 g/mol. The Bertz CT molecular complexity index is 391. The third-order valence-corrected chi connectivity index (χ3v) is 3.81. The van der Waals surface area contributed by atoms with Gasteiger partial charge in [-0.25, -0.2) is 0 Å². The molecule has 2 atom stereocenters. The van der Waals surface area contributed by atoms with Gasteiger partial charge in [-0.3, -0.25) is 9.09 Å². The third-order valence-electron chi connectivity index (χ3n) is 2.27. The SMILES string of the molecule is CC(C=O)OP(=O)(O)CCCc1ccccc1. The lowest BCUT2D eigenvalue weighted by atomic mass is 10.1. The molecule has 0 spiro atoms. The molecule has 0 heterocycles. The molecule has 94 valence electrons. The molecule has 0 bridgehead atoms. The van der Waals surface area contributed by atoms with Gasteiger partial charge < -0.3 is 9.69 Å². The molecule has 0 radical (unpaired) electrons. The Kier molecular flexibility index (Phi) is 5.56. The highest BCUT2D eigenvalue weighted by Crippen LogP contribution is 2.43. The molecule has 0 amide bonds. The highest BCUT2D eigenvalue weighted by Gasteiger charge is 2.21. The van der Waals surface area contributed by atoms with Gasteiger partial charge >= 0.3 is 7.60 Å². The second-order valence-corrected chi connectivity index (χ2v) is 5.83. The average molecular weight is 256 g/mol. The molecule has 4 nitrogen and oxygen atoms in total. The molecular weight excluding hydrogens is 239 g/mol. The molecule has 1 N–H and O–H groups in total. The van der Waals surface area contributed by atoms with E-state index in [0.29, 0.717) is 12.7 Å². The Balaban J connectivity index is 2.35. The van der Waals surface area contributed by atoms with Crippen molar-refractivity contribution in [2.75, 3.05) is 6.16 Å². The minimum Gasteiger partial charge on any atom is -0.324 e. The Morgan fingerprint density at radius 3 is 2.65 bits per heavy atom. The van der Waals surface area contributed by atoms with Crippen LogP contribution in [0, 0.1) is 0 Å². The van der Waals surface area contributed by atoms with Crippen molar-refractivity contribution in [3.05, 3.63) is 35.9 Å². The van der Waals surface area contributed by atoms with E-state index in [0.717, 1.165) is 12.0 Å². The van der Waals surface area contributed by atoms with E-state index in [9.17, 15) is 14.3 Å². The van der Waals surface area contributed by atoms with Gasteiger partial charge in [0.2, 0.25) is 0 Å². The van der Waals surface area contributed by atoms with Gasteiger partial charge in [-0.05, 0) is 25.3 Å². The van der Waals surface area contributed by atoms with Crippen LogP contribution < -0.4 is 0 Å². The molecule has 2 unspecified atom stereocenters. The largest absolute Gasteiger partial charge is 0.328 e. The molecule has 0 aliphatic carbocycles. The van der Waals surface area contributed by atoms with Gasteiger partial charge in [-0.1, -0.05) is 30.3 Å². The summed E-state index contributed by atoms with van der Waals surface area (Å²) in [5, 5.41) is 0. The second kappa shape index (κ2) is 6.70. The van der Waals surface area contributed by atoms with Crippen molar-refractivity contribution in [1.29, 1.82) is 0 Å². The van der Waals surface area contributed by atoms with Crippen molar-refractivity contribution >= 4 is 13.9 Å². The number of hydrogen-bond acceptors (Lipinski definition) is 3. The number of rotatable bonds is 7. The lowest BCUT2D eigenvalue weighted by Gasteiger charge is -2.13. The van der Waals surface area contributed by atoms with Crippen LogP contribution in [0.4, 0.5) is 0 Å². The Morgan fingerprint density at radius 1 is 1.41 bits per heavy atom. The standard InChI is InChI=1S/C12H17O4P/c1-11(10-13)16-17(14,15)9-5-8-12-6-3-2-4-7-12/h2-4,6-7,10-11H,5,8-9H2,1H3,(H,14,15). The smallest absolute Gasteiger partial charge is 0.324 e.